The highest BCUT2D eigenvalue weighted by atomic mass is 16.5. The Morgan fingerprint density at radius 3 is 3.10 bits per heavy atom. The molecule has 1 aliphatic rings. The molecule has 0 spiro atoms. The lowest BCUT2D eigenvalue weighted by Crippen LogP contribution is -2.41. The van der Waals surface area contributed by atoms with E-state index in [1.54, 1.807) is 23.3 Å². The van der Waals surface area contributed by atoms with Crippen LogP contribution in [0.1, 0.15) is 32.0 Å². The Bertz CT molecular complexity index is 606. The number of nitrogens with zero attached hydrogens (tertiary/aromatic N) is 3. The van der Waals surface area contributed by atoms with E-state index in [-0.39, 0.29) is 18.0 Å². The fourth-order valence-corrected chi connectivity index (χ4v) is 2.39. The van der Waals surface area contributed by atoms with Crippen LogP contribution in [0.25, 0.3) is 11.7 Å². The van der Waals surface area contributed by atoms with E-state index in [1.807, 2.05) is 13.8 Å². The van der Waals surface area contributed by atoms with Crippen LogP contribution in [0.2, 0.25) is 0 Å². The van der Waals surface area contributed by atoms with Gasteiger partial charge in [-0.25, -0.2) is 4.79 Å². The van der Waals surface area contributed by atoms with Crippen molar-refractivity contribution in [2.24, 2.45) is 0 Å². The molecule has 112 valence electrons. The van der Waals surface area contributed by atoms with Crippen LogP contribution in [0.3, 0.4) is 0 Å². The molecule has 1 unspecified atom stereocenters. The minimum Gasteiger partial charge on any atom is -0.459 e. The molecule has 2 aromatic heterocycles. The number of hydrogen-bond donors (Lipinski definition) is 1. The molecule has 3 heterocycles. The summed E-state index contributed by atoms with van der Waals surface area (Å²) in [5, 5.41) is 6.90. The molecule has 1 saturated heterocycles. The molecule has 1 aliphatic heterocycles. The maximum Gasteiger partial charge on any atom is 0.317 e. The van der Waals surface area contributed by atoms with Crippen LogP contribution < -0.4 is 5.32 Å². The molecule has 0 aliphatic carbocycles. The van der Waals surface area contributed by atoms with Crippen LogP contribution >= 0.6 is 0 Å². The van der Waals surface area contributed by atoms with Gasteiger partial charge < -0.3 is 19.2 Å². The van der Waals surface area contributed by atoms with Crippen LogP contribution in [-0.4, -0.2) is 40.2 Å². The zero-order chi connectivity index (χ0) is 14.8. The Balaban J connectivity index is 1.65. The first-order valence-electron chi connectivity index (χ1n) is 7.06. The zero-order valence-electron chi connectivity index (χ0n) is 12.1. The van der Waals surface area contributed by atoms with Crippen molar-refractivity contribution in [3.63, 3.8) is 0 Å². The molecule has 1 N–H and O–H groups in total. The number of amides is 2. The van der Waals surface area contributed by atoms with E-state index in [0.717, 1.165) is 6.42 Å². The molecular formula is C14H18N4O3. The largest absolute Gasteiger partial charge is 0.459 e. The number of carbonyl (C=O) groups excluding carboxylic acids is 1. The van der Waals surface area contributed by atoms with Gasteiger partial charge in [-0.05, 0) is 32.4 Å². The fraction of sp³-hybridized carbons (Fsp3) is 0.500. The fourth-order valence-electron chi connectivity index (χ4n) is 2.39. The summed E-state index contributed by atoms with van der Waals surface area (Å²) < 4.78 is 10.4. The van der Waals surface area contributed by atoms with Crippen molar-refractivity contribution in [2.45, 2.75) is 32.2 Å². The molecule has 2 amide bonds. The number of furan rings is 1. The SMILES string of the molecule is CC(C)NC(=O)N1CCC(c2noc(-c3ccco3)n2)C1. The molecule has 0 saturated carbocycles. The molecule has 1 fully saturated rings. The first kappa shape index (κ1) is 13.7. The standard InChI is InChI=1S/C14H18N4O3/c1-9(2)15-14(19)18-6-5-10(8-18)12-16-13(21-17-12)11-4-3-7-20-11/h3-4,7,9-10H,5-6,8H2,1-2H3,(H,15,19). The van der Waals surface area contributed by atoms with E-state index in [4.69, 9.17) is 8.94 Å². The number of rotatable bonds is 3. The van der Waals surface area contributed by atoms with Gasteiger partial charge in [-0.15, -0.1) is 0 Å². The van der Waals surface area contributed by atoms with Crippen molar-refractivity contribution >= 4 is 6.03 Å². The quantitative estimate of drug-likeness (QED) is 0.937. The van der Waals surface area contributed by atoms with Crippen molar-refractivity contribution in [1.29, 1.82) is 0 Å². The van der Waals surface area contributed by atoms with Gasteiger partial charge in [0.25, 0.3) is 5.89 Å². The van der Waals surface area contributed by atoms with E-state index in [2.05, 4.69) is 15.5 Å². The van der Waals surface area contributed by atoms with Crippen molar-refractivity contribution in [3.05, 3.63) is 24.2 Å². The average molecular weight is 290 g/mol. The van der Waals surface area contributed by atoms with Gasteiger partial charge in [-0.3, -0.25) is 0 Å². The third kappa shape index (κ3) is 2.91. The molecule has 0 bridgehead atoms. The van der Waals surface area contributed by atoms with E-state index < -0.39 is 0 Å². The molecule has 21 heavy (non-hydrogen) atoms. The summed E-state index contributed by atoms with van der Waals surface area (Å²) in [4.78, 5) is 18.1. The van der Waals surface area contributed by atoms with Crippen molar-refractivity contribution in [3.8, 4) is 11.7 Å². The zero-order valence-corrected chi connectivity index (χ0v) is 12.1. The topological polar surface area (TPSA) is 84.4 Å². The summed E-state index contributed by atoms with van der Waals surface area (Å²) in [5.41, 5.74) is 0. The molecule has 7 heteroatoms. The molecule has 1 atom stereocenters. The number of aromatic nitrogens is 2. The predicted molar refractivity (Wildman–Crippen MR) is 74.6 cm³/mol. The van der Waals surface area contributed by atoms with Gasteiger partial charge in [0.1, 0.15) is 0 Å². The number of carbonyl (C=O) groups is 1. The Hall–Kier alpha value is -2.31. The second-order valence-corrected chi connectivity index (χ2v) is 5.47. The summed E-state index contributed by atoms with van der Waals surface area (Å²) in [6.45, 7) is 5.20. The second-order valence-electron chi connectivity index (χ2n) is 5.47. The second kappa shape index (κ2) is 5.59. The summed E-state index contributed by atoms with van der Waals surface area (Å²) in [5.74, 6) is 1.66. The van der Waals surface area contributed by atoms with E-state index in [1.165, 1.54) is 0 Å². The van der Waals surface area contributed by atoms with Crippen LogP contribution in [0.4, 0.5) is 4.79 Å². The lowest BCUT2D eigenvalue weighted by Gasteiger charge is -2.18. The summed E-state index contributed by atoms with van der Waals surface area (Å²) in [6.07, 6.45) is 2.40. The monoisotopic (exact) mass is 290 g/mol. The molecule has 0 radical (unpaired) electrons. The van der Waals surface area contributed by atoms with E-state index >= 15 is 0 Å². The van der Waals surface area contributed by atoms with Gasteiger partial charge in [0.05, 0.1) is 6.26 Å². The predicted octanol–water partition coefficient (Wildman–Crippen LogP) is 2.24. The Kier molecular flexibility index (Phi) is 3.64. The number of likely N-dealkylation sites (tertiary alicyclic amines) is 1. The lowest BCUT2D eigenvalue weighted by atomic mass is 10.1. The third-order valence-corrected chi connectivity index (χ3v) is 3.43. The van der Waals surface area contributed by atoms with Crippen molar-refractivity contribution < 1.29 is 13.7 Å². The Labute approximate surface area is 122 Å². The van der Waals surface area contributed by atoms with Crippen LogP contribution in [0.5, 0.6) is 0 Å². The first-order valence-corrected chi connectivity index (χ1v) is 7.06. The minimum absolute atomic E-state index is 0.0396. The summed E-state index contributed by atoms with van der Waals surface area (Å²) >= 11 is 0. The first-order chi connectivity index (χ1) is 10.1. The van der Waals surface area contributed by atoms with Crippen molar-refractivity contribution in [1.82, 2.24) is 20.4 Å². The third-order valence-electron chi connectivity index (χ3n) is 3.43. The van der Waals surface area contributed by atoms with Gasteiger partial charge in [-0.1, -0.05) is 5.16 Å². The van der Waals surface area contributed by atoms with Crippen LogP contribution in [0, 0.1) is 0 Å². The minimum atomic E-state index is -0.0396. The highest BCUT2D eigenvalue weighted by molar-refractivity contribution is 5.74. The maximum absolute atomic E-state index is 12.0. The molecule has 3 rings (SSSR count). The number of urea groups is 1. The van der Waals surface area contributed by atoms with Gasteiger partial charge >= 0.3 is 6.03 Å². The van der Waals surface area contributed by atoms with E-state index in [9.17, 15) is 4.79 Å². The van der Waals surface area contributed by atoms with E-state index in [0.29, 0.717) is 30.6 Å². The number of hydrogen-bond acceptors (Lipinski definition) is 5. The molecule has 2 aromatic rings. The normalized spacial score (nSPS) is 18.4. The van der Waals surface area contributed by atoms with Gasteiger partial charge in [0.2, 0.25) is 0 Å². The van der Waals surface area contributed by atoms with Crippen LogP contribution in [-0.2, 0) is 0 Å². The number of nitrogens with one attached hydrogen (secondary N) is 1. The van der Waals surface area contributed by atoms with Gasteiger partial charge in [0, 0.05) is 25.0 Å². The van der Waals surface area contributed by atoms with Gasteiger partial charge in [0.15, 0.2) is 11.6 Å². The molecule has 0 aromatic carbocycles. The highest BCUT2D eigenvalue weighted by Crippen LogP contribution is 2.27. The average Bonchev–Trinajstić information content (AvgIpc) is 3.18. The van der Waals surface area contributed by atoms with Gasteiger partial charge in [-0.2, -0.15) is 4.98 Å². The maximum atomic E-state index is 12.0. The molecule has 7 nitrogen and oxygen atoms in total. The lowest BCUT2D eigenvalue weighted by molar-refractivity contribution is 0.205. The highest BCUT2D eigenvalue weighted by Gasteiger charge is 2.31. The smallest absolute Gasteiger partial charge is 0.317 e. The Morgan fingerprint density at radius 1 is 1.52 bits per heavy atom. The van der Waals surface area contributed by atoms with Crippen molar-refractivity contribution in [2.75, 3.05) is 13.1 Å². The summed E-state index contributed by atoms with van der Waals surface area (Å²) in [7, 11) is 0. The Morgan fingerprint density at radius 2 is 2.38 bits per heavy atom. The summed E-state index contributed by atoms with van der Waals surface area (Å²) in [6, 6.07) is 3.63. The molecular weight excluding hydrogens is 272 g/mol. The van der Waals surface area contributed by atoms with Crippen LogP contribution in [0.15, 0.2) is 27.3 Å².